The SMILES string of the molecule is CO[C@@H]1COCC[C@H]1N=[N+]=[N-]. The van der Waals surface area contributed by atoms with E-state index in [0.717, 1.165) is 6.42 Å². The minimum atomic E-state index is -0.0698. The molecule has 0 unspecified atom stereocenters. The van der Waals surface area contributed by atoms with Gasteiger partial charge < -0.3 is 9.47 Å². The highest BCUT2D eigenvalue weighted by atomic mass is 16.5. The van der Waals surface area contributed by atoms with Gasteiger partial charge in [-0.2, -0.15) is 0 Å². The van der Waals surface area contributed by atoms with E-state index in [-0.39, 0.29) is 12.1 Å². The molecule has 11 heavy (non-hydrogen) atoms. The summed E-state index contributed by atoms with van der Waals surface area (Å²) < 4.78 is 10.2. The molecule has 2 atom stereocenters. The molecule has 5 heteroatoms. The number of rotatable bonds is 2. The number of hydrogen-bond donors (Lipinski definition) is 0. The third-order valence-electron chi connectivity index (χ3n) is 1.77. The normalized spacial score (nSPS) is 31.0. The summed E-state index contributed by atoms with van der Waals surface area (Å²) in [5.74, 6) is 0. The van der Waals surface area contributed by atoms with Crippen LogP contribution in [0, 0.1) is 0 Å². The summed E-state index contributed by atoms with van der Waals surface area (Å²) in [6, 6.07) is -0.0567. The van der Waals surface area contributed by atoms with Gasteiger partial charge in [0.1, 0.15) is 0 Å². The van der Waals surface area contributed by atoms with Crippen molar-refractivity contribution in [3.63, 3.8) is 0 Å². The van der Waals surface area contributed by atoms with E-state index < -0.39 is 0 Å². The zero-order chi connectivity index (χ0) is 8.10. The summed E-state index contributed by atoms with van der Waals surface area (Å²) in [7, 11) is 1.60. The van der Waals surface area contributed by atoms with Gasteiger partial charge in [0, 0.05) is 18.6 Å². The van der Waals surface area contributed by atoms with Crippen LogP contribution in [0.2, 0.25) is 0 Å². The maximum absolute atomic E-state index is 8.19. The third-order valence-corrected chi connectivity index (χ3v) is 1.77. The number of hydrogen-bond acceptors (Lipinski definition) is 3. The second kappa shape index (κ2) is 4.18. The quantitative estimate of drug-likeness (QED) is 0.342. The summed E-state index contributed by atoms with van der Waals surface area (Å²) in [5, 5.41) is 3.61. The van der Waals surface area contributed by atoms with E-state index in [1.54, 1.807) is 7.11 Å². The van der Waals surface area contributed by atoms with Crippen molar-refractivity contribution in [3.8, 4) is 0 Å². The summed E-state index contributed by atoms with van der Waals surface area (Å²) in [4.78, 5) is 2.75. The predicted molar refractivity (Wildman–Crippen MR) is 39.2 cm³/mol. The van der Waals surface area contributed by atoms with Crippen LogP contribution in [0.15, 0.2) is 5.11 Å². The van der Waals surface area contributed by atoms with Gasteiger partial charge in [-0.3, -0.25) is 0 Å². The van der Waals surface area contributed by atoms with Crippen molar-refractivity contribution in [2.24, 2.45) is 5.11 Å². The number of methoxy groups -OCH3 is 1. The fraction of sp³-hybridized carbons (Fsp3) is 1.00. The van der Waals surface area contributed by atoms with Crippen molar-refractivity contribution in [1.82, 2.24) is 0 Å². The molecule has 1 aliphatic heterocycles. The highest BCUT2D eigenvalue weighted by molar-refractivity contribution is 4.80. The summed E-state index contributed by atoms with van der Waals surface area (Å²) in [6.07, 6.45) is 0.683. The van der Waals surface area contributed by atoms with Crippen LogP contribution in [-0.4, -0.2) is 32.5 Å². The largest absolute Gasteiger partial charge is 0.379 e. The summed E-state index contributed by atoms with van der Waals surface area (Å²) in [5.41, 5.74) is 8.19. The Morgan fingerprint density at radius 2 is 2.55 bits per heavy atom. The molecule has 0 aromatic rings. The zero-order valence-corrected chi connectivity index (χ0v) is 6.43. The number of ether oxygens (including phenoxy) is 2. The van der Waals surface area contributed by atoms with Crippen LogP contribution in [0.1, 0.15) is 6.42 Å². The third kappa shape index (κ3) is 2.08. The predicted octanol–water partition coefficient (Wildman–Crippen LogP) is 1.10. The first kappa shape index (κ1) is 8.33. The molecule has 0 bridgehead atoms. The minimum Gasteiger partial charge on any atom is -0.379 e. The van der Waals surface area contributed by atoms with Crippen LogP contribution in [0.3, 0.4) is 0 Å². The van der Waals surface area contributed by atoms with Gasteiger partial charge in [0.25, 0.3) is 0 Å². The van der Waals surface area contributed by atoms with Crippen LogP contribution < -0.4 is 0 Å². The van der Waals surface area contributed by atoms with Crippen molar-refractivity contribution in [1.29, 1.82) is 0 Å². The molecule has 1 heterocycles. The number of nitrogens with zero attached hydrogens (tertiary/aromatic N) is 3. The standard InChI is InChI=1S/C6H11N3O2/c1-10-6-4-11-3-2-5(6)8-9-7/h5-6H,2-4H2,1H3/t5-,6-/m1/s1. The van der Waals surface area contributed by atoms with Gasteiger partial charge in [-0.25, -0.2) is 0 Å². The lowest BCUT2D eigenvalue weighted by Gasteiger charge is -2.26. The Bertz CT molecular complexity index is 167. The van der Waals surface area contributed by atoms with Gasteiger partial charge in [0.2, 0.25) is 0 Å². The Hall–Kier alpha value is -0.770. The lowest BCUT2D eigenvalue weighted by molar-refractivity contribution is -0.0410. The van der Waals surface area contributed by atoms with E-state index in [0.29, 0.717) is 13.2 Å². The molecule has 0 aromatic heterocycles. The fourth-order valence-electron chi connectivity index (χ4n) is 1.12. The Morgan fingerprint density at radius 1 is 1.73 bits per heavy atom. The van der Waals surface area contributed by atoms with Crippen molar-refractivity contribution < 1.29 is 9.47 Å². The average Bonchev–Trinajstić information content (AvgIpc) is 2.06. The summed E-state index contributed by atoms with van der Waals surface area (Å²) >= 11 is 0. The second-order valence-electron chi connectivity index (χ2n) is 2.41. The van der Waals surface area contributed by atoms with Gasteiger partial charge in [-0.1, -0.05) is 5.11 Å². The maximum Gasteiger partial charge on any atom is 0.0890 e. The molecule has 0 radical (unpaired) electrons. The molecule has 1 fully saturated rings. The molecule has 1 rings (SSSR count). The van der Waals surface area contributed by atoms with Crippen molar-refractivity contribution in [2.45, 2.75) is 18.6 Å². The van der Waals surface area contributed by atoms with Crippen molar-refractivity contribution in [3.05, 3.63) is 10.4 Å². The Morgan fingerprint density at radius 3 is 3.18 bits per heavy atom. The first-order valence-corrected chi connectivity index (χ1v) is 3.53. The summed E-state index contributed by atoms with van der Waals surface area (Å²) in [6.45, 7) is 1.18. The van der Waals surface area contributed by atoms with Crippen molar-refractivity contribution >= 4 is 0 Å². The Balaban J connectivity index is 2.50. The second-order valence-corrected chi connectivity index (χ2v) is 2.41. The molecule has 62 valence electrons. The van der Waals surface area contributed by atoms with E-state index in [1.165, 1.54) is 0 Å². The van der Waals surface area contributed by atoms with Gasteiger partial charge in [-0.15, -0.1) is 0 Å². The Kier molecular flexibility index (Phi) is 3.16. The zero-order valence-electron chi connectivity index (χ0n) is 6.43. The molecule has 0 aliphatic carbocycles. The van der Waals surface area contributed by atoms with Crippen LogP contribution in [0.4, 0.5) is 0 Å². The molecule has 1 aliphatic rings. The van der Waals surface area contributed by atoms with Gasteiger partial charge in [0.05, 0.1) is 18.8 Å². The van der Waals surface area contributed by atoms with Crippen LogP contribution >= 0.6 is 0 Å². The molecule has 5 nitrogen and oxygen atoms in total. The lowest BCUT2D eigenvalue weighted by atomic mass is 10.1. The molecule has 1 saturated heterocycles. The van der Waals surface area contributed by atoms with Gasteiger partial charge in [-0.05, 0) is 12.0 Å². The van der Waals surface area contributed by atoms with E-state index in [2.05, 4.69) is 10.0 Å². The first-order chi connectivity index (χ1) is 5.38. The lowest BCUT2D eigenvalue weighted by Crippen LogP contribution is -2.36. The highest BCUT2D eigenvalue weighted by Crippen LogP contribution is 2.13. The molecule has 0 saturated carbocycles. The molecule has 0 spiro atoms. The van der Waals surface area contributed by atoms with E-state index in [1.807, 2.05) is 0 Å². The molecule has 0 amide bonds. The van der Waals surface area contributed by atoms with E-state index >= 15 is 0 Å². The van der Waals surface area contributed by atoms with E-state index in [9.17, 15) is 0 Å². The molecular weight excluding hydrogens is 146 g/mol. The molecule has 0 aromatic carbocycles. The number of azide groups is 1. The average molecular weight is 157 g/mol. The minimum absolute atomic E-state index is 0.0567. The van der Waals surface area contributed by atoms with Crippen molar-refractivity contribution in [2.75, 3.05) is 20.3 Å². The first-order valence-electron chi connectivity index (χ1n) is 3.53. The van der Waals surface area contributed by atoms with Crippen LogP contribution in [-0.2, 0) is 9.47 Å². The van der Waals surface area contributed by atoms with E-state index in [4.69, 9.17) is 15.0 Å². The monoisotopic (exact) mass is 157 g/mol. The Labute approximate surface area is 64.9 Å². The molecular formula is C6H11N3O2. The highest BCUT2D eigenvalue weighted by Gasteiger charge is 2.23. The molecule has 0 N–H and O–H groups in total. The van der Waals surface area contributed by atoms with Gasteiger partial charge in [0.15, 0.2) is 0 Å². The maximum atomic E-state index is 8.19. The van der Waals surface area contributed by atoms with Gasteiger partial charge >= 0.3 is 0 Å². The fourth-order valence-corrected chi connectivity index (χ4v) is 1.12. The topological polar surface area (TPSA) is 67.2 Å². The smallest absolute Gasteiger partial charge is 0.0890 e. The van der Waals surface area contributed by atoms with Crippen LogP contribution in [0.5, 0.6) is 0 Å². The van der Waals surface area contributed by atoms with Crippen LogP contribution in [0.25, 0.3) is 10.4 Å².